The molecule has 3 fully saturated rings. The summed E-state index contributed by atoms with van der Waals surface area (Å²) < 4.78 is 50.5. The van der Waals surface area contributed by atoms with Crippen molar-refractivity contribution in [3.8, 4) is 11.4 Å². The summed E-state index contributed by atoms with van der Waals surface area (Å²) >= 11 is 0. The third-order valence-corrected chi connectivity index (χ3v) is 10.9. The molecule has 5 aromatic rings. The van der Waals surface area contributed by atoms with Gasteiger partial charge in [0, 0.05) is 23.2 Å². The molecule has 0 amide bonds. The predicted molar refractivity (Wildman–Crippen MR) is 169 cm³/mol. The summed E-state index contributed by atoms with van der Waals surface area (Å²) in [4.78, 5) is 22.3. The fraction of sp³-hybridized carbons (Fsp3) is 0.333. The molecule has 4 aromatic heterocycles. The highest BCUT2D eigenvalue weighted by Gasteiger charge is 2.48. The van der Waals surface area contributed by atoms with Gasteiger partial charge in [0.2, 0.25) is 0 Å². The smallest absolute Gasteiger partial charge is 0.311 e. The van der Waals surface area contributed by atoms with Crippen molar-refractivity contribution in [2.24, 2.45) is 17.8 Å². The van der Waals surface area contributed by atoms with Crippen LogP contribution in [0.25, 0.3) is 34.0 Å². The molecule has 12 heteroatoms. The average molecular weight is 629 g/mol. The molecule has 0 saturated heterocycles. The number of aromatic nitrogens is 5. The molecule has 3 aliphatic rings. The molecule has 1 N–H and O–H groups in total. The number of carbonyl (C=O) groups excluding carboxylic acids is 1. The van der Waals surface area contributed by atoms with Crippen LogP contribution in [0.3, 0.4) is 0 Å². The molecule has 3 aliphatic carbocycles. The van der Waals surface area contributed by atoms with Crippen molar-refractivity contribution in [2.45, 2.75) is 50.5 Å². The molecule has 0 aliphatic heterocycles. The number of hydrogen-bond acceptors (Lipinski definition) is 8. The van der Waals surface area contributed by atoms with Gasteiger partial charge in [-0.3, -0.25) is 4.79 Å². The second-order valence-electron chi connectivity index (χ2n) is 11.8. The molecule has 8 rings (SSSR count). The summed E-state index contributed by atoms with van der Waals surface area (Å²) in [5.41, 5.74) is 2.60. The minimum Gasteiger partial charge on any atom is -0.466 e. The third kappa shape index (κ3) is 4.87. The monoisotopic (exact) mass is 628 g/mol. The Hall–Kier alpha value is -4.58. The first-order chi connectivity index (χ1) is 21.7. The summed E-state index contributed by atoms with van der Waals surface area (Å²) in [6, 6.07) is 11.2. The first-order valence-electron chi connectivity index (χ1n) is 15.1. The Labute approximate surface area is 260 Å². The highest BCUT2D eigenvalue weighted by atomic mass is 32.2. The van der Waals surface area contributed by atoms with Crippen LogP contribution in [0, 0.1) is 30.5 Å². The molecule has 2 bridgehead atoms. The topological polar surface area (TPSA) is 120 Å². The maximum Gasteiger partial charge on any atom is 0.311 e. The molecular weight excluding hydrogens is 595 g/mol. The van der Waals surface area contributed by atoms with Gasteiger partial charge in [0.05, 0.1) is 29.3 Å². The molecule has 0 unspecified atom stereocenters. The number of pyridine rings is 1. The standard InChI is InChI=1S/C33H33FN6O4S/c1-4-23-12-15-27-31(36-29-21-10-8-20(9-11-21)28(29)33(41)44-5-2)37-30(38-40(23)27)26-18-39(32-25(26)16-22(34)17-35-32)45(42,43)24-13-6-19(3)7-14-24/h4,6-7,12-18,20-21,28-29H,1,5,8-11H2,2-3H3,(H,36,37,38)/t20-,21+,28-,29-/m0/s1. The van der Waals surface area contributed by atoms with Gasteiger partial charge in [-0.05, 0) is 87.8 Å². The van der Waals surface area contributed by atoms with Crippen molar-refractivity contribution >= 4 is 44.4 Å². The molecule has 3 saturated carbocycles. The van der Waals surface area contributed by atoms with Crippen LogP contribution in [-0.4, -0.2) is 50.6 Å². The van der Waals surface area contributed by atoms with Crippen molar-refractivity contribution < 1.29 is 22.3 Å². The average Bonchev–Trinajstić information content (AvgIpc) is 3.63. The zero-order chi connectivity index (χ0) is 31.5. The van der Waals surface area contributed by atoms with Gasteiger partial charge < -0.3 is 10.1 Å². The van der Waals surface area contributed by atoms with Crippen molar-refractivity contribution in [1.29, 1.82) is 0 Å². The van der Waals surface area contributed by atoms with E-state index in [1.807, 2.05) is 26.0 Å². The summed E-state index contributed by atoms with van der Waals surface area (Å²) in [5, 5.41) is 8.60. The maximum absolute atomic E-state index is 14.6. The van der Waals surface area contributed by atoms with Crippen LogP contribution in [-0.2, 0) is 19.6 Å². The Kier molecular flexibility index (Phi) is 7.19. The number of halogens is 1. The predicted octanol–water partition coefficient (Wildman–Crippen LogP) is 5.85. The summed E-state index contributed by atoms with van der Waals surface area (Å²) in [6.45, 7) is 7.91. The fourth-order valence-corrected chi connectivity index (χ4v) is 8.35. The number of ether oxygens (including phenoxy) is 1. The number of hydrogen-bond donors (Lipinski definition) is 1. The molecule has 45 heavy (non-hydrogen) atoms. The van der Waals surface area contributed by atoms with E-state index in [1.54, 1.807) is 22.7 Å². The lowest BCUT2D eigenvalue weighted by atomic mass is 9.61. The molecule has 10 nitrogen and oxygen atoms in total. The lowest BCUT2D eigenvalue weighted by Gasteiger charge is -2.47. The van der Waals surface area contributed by atoms with E-state index in [9.17, 15) is 17.6 Å². The van der Waals surface area contributed by atoms with Crippen LogP contribution in [0.15, 0.2) is 66.3 Å². The van der Waals surface area contributed by atoms with Gasteiger partial charge in [-0.25, -0.2) is 31.3 Å². The van der Waals surface area contributed by atoms with Crippen LogP contribution >= 0.6 is 0 Å². The Morgan fingerprint density at radius 1 is 1.13 bits per heavy atom. The first-order valence-corrected chi connectivity index (χ1v) is 16.6. The number of benzene rings is 1. The van der Waals surface area contributed by atoms with E-state index >= 15 is 0 Å². The molecule has 232 valence electrons. The summed E-state index contributed by atoms with van der Waals surface area (Å²) in [6.07, 6.45) is 8.00. The van der Waals surface area contributed by atoms with E-state index in [0.29, 0.717) is 23.6 Å². The van der Waals surface area contributed by atoms with E-state index in [4.69, 9.17) is 14.8 Å². The van der Waals surface area contributed by atoms with Gasteiger partial charge in [0.15, 0.2) is 17.3 Å². The van der Waals surface area contributed by atoms with Crippen molar-refractivity contribution in [3.63, 3.8) is 0 Å². The second-order valence-corrected chi connectivity index (χ2v) is 13.7. The van der Waals surface area contributed by atoms with Crippen LogP contribution in [0.2, 0.25) is 0 Å². The number of nitrogens with zero attached hydrogens (tertiary/aromatic N) is 5. The van der Waals surface area contributed by atoms with E-state index < -0.39 is 15.8 Å². The molecule has 0 spiro atoms. The van der Waals surface area contributed by atoms with E-state index in [2.05, 4.69) is 16.9 Å². The number of carbonyl (C=O) groups is 1. The summed E-state index contributed by atoms with van der Waals surface area (Å²) in [5.74, 6) is -0.0286. The Morgan fingerprint density at radius 3 is 2.58 bits per heavy atom. The highest BCUT2D eigenvalue weighted by Crippen LogP contribution is 2.47. The number of rotatable bonds is 8. The number of esters is 1. The number of anilines is 1. The highest BCUT2D eigenvalue weighted by molar-refractivity contribution is 7.90. The minimum absolute atomic E-state index is 0.0496. The Morgan fingerprint density at radius 2 is 1.87 bits per heavy atom. The Balaban J connectivity index is 1.40. The first kappa shape index (κ1) is 29.1. The number of aryl methyl sites for hydroxylation is 1. The van der Waals surface area contributed by atoms with Gasteiger partial charge in [0.25, 0.3) is 10.0 Å². The normalized spacial score (nSPS) is 21.3. The van der Waals surface area contributed by atoms with Crippen molar-refractivity contribution in [3.05, 3.63) is 78.5 Å². The van der Waals surface area contributed by atoms with Gasteiger partial charge >= 0.3 is 5.97 Å². The van der Waals surface area contributed by atoms with Crippen LogP contribution in [0.1, 0.15) is 43.9 Å². The molecule has 0 radical (unpaired) electrons. The van der Waals surface area contributed by atoms with Gasteiger partial charge in [-0.15, -0.1) is 5.10 Å². The van der Waals surface area contributed by atoms with Crippen LogP contribution in [0.4, 0.5) is 10.2 Å². The van der Waals surface area contributed by atoms with E-state index in [0.717, 1.165) is 41.4 Å². The zero-order valence-electron chi connectivity index (χ0n) is 25.0. The fourth-order valence-electron chi connectivity index (χ4n) is 7.02. The van der Waals surface area contributed by atoms with Gasteiger partial charge in [-0.1, -0.05) is 24.3 Å². The van der Waals surface area contributed by atoms with Gasteiger partial charge in [0.1, 0.15) is 11.3 Å². The molecule has 1 aromatic carbocycles. The molecule has 4 heterocycles. The Bertz CT molecular complexity index is 2060. The van der Waals surface area contributed by atoms with Gasteiger partial charge in [-0.2, -0.15) is 0 Å². The summed E-state index contributed by atoms with van der Waals surface area (Å²) in [7, 11) is -4.10. The number of fused-ring (bicyclic) bond motifs is 5. The van der Waals surface area contributed by atoms with Crippen molar-refractivity contribution in [1.82, 2.24) is 23.6 Å². The van der Waals surface area contributed by atoms with Crippen LogP contribution < -0.4 is 5.32 Å². The molecule has 2 atom stereocenters. The van der Waals surface area contributed by atoms with Crippen molar-refractivity contribution in [2.75, 3.05) is 11.9 Å². The lowest BCUT2D eigenvalue weighted by Crippen LogP contribution is -2.52. The third-order valence-electron chi connectivity index (χ3n) is 9.23. The van der Waals surface area contributed by atoms with E-state index in [1.165, 1.54) is 24.4 Å². The second kappa shape index (κ2) is 11.1. The SMILES string of the molecule is C=Cc1ccc2c(N[C@H]3[C@H]4CC[C@H](CC4)[C@@H]3C(=O)OCC)nc(-c3cn(S(=O)(=O)c4ccc(C)cc4)c4ncc(F)cc34)nn12. The largest absolute Gasteiger partial charge is 0.466 e. The zero-order valence-corrected chi connectivity index (χ0v) is 25.8. The molecular formula is C33H33FN6O4S. The van der Waals surface area contributed by atoms with Crippen LogP contribution in [0.5, 0.6) is 0 Å². The van der Waals surface area contributed by atoms with E-state index in [-0.39, 0.29) is 57.1 Å². The maximum atomic E-state index is 14.6. The quantitative estimate of drug-likeness (QED) is 0.213. The number of nitrogens with one attached hydrogen (secondary N) is 1. The lowest BCUT2D eigenvalue weighted by molar-refractivity contribution is -0.154. The minimum atomic E-state index is -4.10.